The number of halogens is 4. The fourth-order valence-corrected chi connectivity index (χ4v) is 1.53. The molecule has 0 bridgehead atoms. The summed E-state index contributed by atoms with van der Waals surface area (Å²) in [5, 5.41) is 3.34. The van der Waals surface area contributed by atoms with Crippen LogP contribution in [0.5, 0.6) is 0 Å². The van der Waals surface area contributed by atoms with Crippen LogP contribution < -0.4 is 0 Å². The summed E-state index contributed by atoms with van der Waals surface area (Å²) in [7, 11) is 0. The van der Waals surface area contributed by atoms with Crippen LogP contribution in [0.1, 0.15) is 36.9 Å². The van der Waals surface area contributed by atoms with Gasteiger partial charge in [-0.3, -0.25) is 0 Å². The Balaban J connectivity index is 2.31. The van der Waals surface area contributed by atoms with Crippen molar-refractivity contribution in [1.29, 1.82) is 0 Å². The number of hydrogen-bond donors (Lipinski definition) is 0. The Hall–Kier alpha value is -0.820. The van der Waals surface area contributed by atoms with E-state index < -0.39 is 12.8 Å². The smallest absolute Gasteiger partial charge is 0.372 e. The highest BCUT2D eigenvalue weighted by atomic mass is 35.5. The van der Waals surface area contributed by atoms with E-state index in [0.29, 0.717) is 12.2 Å². The van der Waals surface area contributed by atoms with Gasteiger partial charge in [-0.1, -0.05) is 18.5 Å². The molecule has 1 rings (SSSR count). The van der Waals surface area contributed by atoms with Crippen molar-refractivity contribution >= 4 is 11.6 Å². The zero-order valence-corrected chi connectivity index (χ0v) is 10.6. The van der Waals surface area contributed by atoms with Crippen LogP contribution >= 0.6 is 11.6 Å². The second-order valence-corrected chi connectivity index (χ2v) is 4.25. The molecular formula is C10H14ClF3N2O2. The summed E-state index contributed by atoms with van der Waals surface area (Å²) in [6.45, 7) is 0.575. The molecule has 104 valence electrons. The van der Waals surface area contributed by atoms with E-state index in [-0.39, 0.29) is 24.3 Å². The first kappa shape index (κ1) is 15.2. The molecule has 1 atom stereocenters. The van der Waals surface area contributed by atoms with E-state index in [2.05, 4.69) is 14.9 Å². The number of rotatable bonds is 7. The number of alkyl halides is 4. The zero-order valence-electron chi connectivity index (χ0n) is 9.84. The highest BCUT2D eigenvalue weighted by Crippen LogP contribution is 2.22. The van der Waals surface area contributed by atoms with Crippen molar-refractivity contribution in [1.82, 2.24) is 10.1 Å². The molecule has 0 spiro atoms. The van der Waals surface area contributed by atoms with E-state index in [0.717, 1.165) is 6.42 Å². The molecule has 0 N–H and O–H groups in total. The molecule has 18 heavy (non-hydrogen) atoms. The lowest BCUT2D eigenvalue weighted by Crippen LogP contribution is -2.18. The molecule has 0 radical (unpaired) electrons. The second-order valence-electron chi connectivity index (χ2n) is 3.72. The predicted octanol–water partition coefficient (Wildman–Crippen LogP) is 3.27. The molecule has 0 aromatic carbocycles. The Morgan fingerprint density at radius 2 is 2.17 bits per heavy atom. The Morgan fingerprint density at radius 1 is 1.44 bits per heavy atom. The van der Waals surface area contributed by atoms with Crippen molar-refractivity contribution < 1.29 is 22.4 Å². The Bertz CT molecular complexity index is 357. The number of hydrogen-bond acceptors (Lipinski definition) is 4. The third-order valence-corrected chi connectivity index (χ3v) is 2.45. The summed E-state index contributed by atoms with van der Waals surface area (Å²) in [6, 6.07) is 0. The Morgan fingerprint density at radius 3 is 2.78 bits per heavy atom. The molecule has 0 saturated heterocycles. The van der Waals surface area contributed by atoms with Gasteiger partial charge in [0.2, 0.25) is 5.89 Å². The quantitative estimate of drug-likeness (QED) is 0.570. The highest BCUT2D eigenvalue weighted by molar-refractivity contribution is 6.20. The SMILES string of the molecule is CCCC(Cl)c1noc(CCOCC(F)(F)F)n1. The molecule has 0 saturated carbocycles. The fourth-order valence-electron chi connectivity index (χ4n) is 1.23. The molecule has 1 aromatic rings. The van der Waals surface area contributed by atoms with Gasteiger partial charge in [-0.2, -0.15) is 18.2 Å². The van der Waals surface area contributed by atoms with Gasteiger partial charge < -0.3 is 9.26 Å². The van der Waals surface area contributed by atoms with Crippen molar-refractivity contribution in [3.63, 3.8) is 0 Å². The van der Waals surface area contributed by atoms with E-state index in [1.54, 1.807) is 0 Å². The molecule has 4 nitrogen and oxygen atoms in total. The maximum Gasteiger partial charge on any atom is 0.411 e. The molecule has 1 unspecified atom stereocenters. The first-order chi connectivity index (χ1) is 8.42. The molecule has 0 fully saturated rings. The molecular weight excluding hydrogens is 273 g/mol. The lowest BCUT2D eigenvalue weighted by Gasteiger charge is -2.05. The normalized spacial score (nSPS) is 13.8. The van der Waals surface area contributed by atoms with Gasteiger partial charge in [0.1, 0.15) is 6.61 Å². The molecule has 1 heterocycles. The van der Waals surface area contributed by atoms with Gasteiger partial charge >= 0.3 is 6.18 Å². The first-order valence-electron chi connectivity index (χ1n) is 5.53. The third kappa shape index (κ3) is 5.68. The van der Waals surface area contributed by atoms with Gasteiger partial charge in [0.25, 0.3) is 0 Å². The minimum atomic E-state index is -4.32. The second kappa shape index (κ2) is 6.94. The lowest BCUT2D eigenvalue weighted by atomic mass is 10.2. The van der Waals surface area contributed by atoms with Gasteiger partial charge in [-0.05, 0) is 6.42 Å². The average Bonchev–Trinajstić information content (AvgIpc) is 2.72. The lowest BCUT2D eigenvalue weighted by molar-refractivity contribution is -0.173. The van der Waals surface area contributed by atoms with Gasteiger partial charge in [0.15, 0.2) is 5.82 Å². The molecule has 0 amide bonds. The van der Waals surface area contributed by atoms with Crippen molar-refractivity contribution in [2.75, 3.05) is 13.2 Å². The fraction of sp³-hybridized carbons (Fsp3) is 0.800. The van der Waals surface area contributed by atoms with Crippen LogP contribution in [0, 0.1) is 0 Å². The molecule has 1 aromatic heterocycles. The third-order valence-electron chi connectivity index (χ3n) is 2.03. The number of aromatic nitrogens is 2. The van der Waals surface area contributed by atoms with Crippen LogP contribution in [0.25, 0.3) is 0 Å². The van der Waals surface area contributed by atoms with Crippen LogP contribution in [0.15, 0.2) is 4.52 Å². The highest BCUT2D eigenvalue weighted by Gasteiger charge is 2.27. The maximum absolute atomic E-state index is 11.8. The predicted molar refractivity (Wildman–Crippen MR) is 58.4 cm³/mol. The largest absolute Gasteiger partial charge is 0.411 e. The topological polar surface area (TPSA) is 48.2 Å². The molecule has 0 aliphatic heterocycles. The first-order valence-corrected chi connectivity index (χ1v) is 5.97. The standard InChI is InChI=1S/C10H14ClF3N2O2/c1-2-3-7(11)9-15-8(18-16-9)4-5-17-6-10(12,13)14/h7H,2-6H2,1H3. The van der Waals surface area contributed by atoms with Crippen LogP contribution in [0.2, 0.25) is 0 Å². The van der Waals surface area contributed by atoms with E-state index in [9.17, 15) is 13.2 Å². The van der Waals surface area contributed by atoms with Crippen LogP contribution in [-0.2, 0) is 11.2 Å². The monoisotopic (exact) mass is 286 g/mol. The maximum atomic E-state index is 11.8. The van der Waals surface area contributed by atoms with Crippen LogP contribution in [-0.4, -0.2) is 29.5 Å². The summed E-state index contributed by atoms with van der Waals surface area (Å²) in [5.74, 6) is 0.596. The van der Waals surface area contributed by atoms with E-state index in [4.69, 9.17) is 16.1 Å². The van der Waals surface area contributed by atoms with Crippen molar-refractivity contribution in [3.8, 4) is 0 Å². The van der Waals surface area contributed by atoms with Crippen molar-refractivity contribution in [3.05, 3.63) is 11.7 Å². The average molecular weight is 287 g/mol. The Kier molecular flexibility index (Phi) is 5.87. The summed E-state index contributed by atoms with van der Waals surface area (Å²) < 4.78 is 44.6. The van der Waals surface area contributed by atoms with Gasteiger partial charge in [0, 0.05) is 0 Å². The summed E-state index contributed by atoms with van der Waals surface area (Å²) in [5.41, 5.74) is 0. The minimum Gasteiger partial charge on any atom is -0.372 e. The van der Waals surface area contributed by atoms with Crippen LogP contribution in [0.3, 0.4) is 0 Å². The van der Waals surface area contributed by atoms with E-state index in [1.807, 2.05) is 6.92 Å². The number of nitrogens with zero attached hydrogens (tertiary/aromatic N) is 2. The molecule has 0 aliphatic carbocycles. The molecule has 0 aliphatic rings. The van der Waals surface area contributed by atoms with Crippen molar-refractivity contribution in [2.45, 2.75) is 37.7 Å². The van der Waals surface area contributed by atoms with Gasteiger partial charge in [-0.25, -0.2) is 0 Å². The zero-order chi connectivity index (χ0) is 13.6. The van der Waals surface area contributed by atoms with E-state index >= 15 is 0 Å². The summed E-state index contributed by atoms with van der Waals surface area (Å²) in [4.78, 5) is 3.99. The van der Waals surface area contributed by atoms with Crippen molar-refractivity contribution in [2.24, 2.45) is 0 Å². The van der Waals surface area contributed by atoms with Gasteiger partial charge in [-0.15, -0.1) is 11.6 Å². The van der Waals surface area contributed by atoms with E-state index in [1.165, 1.54) is 0 Å². The summed E-state index contributed by atoms with van der Waals surface area (Å²) >= 11 is 5.98. The molecule has 8 heteroatoms. The number of ether oxygens (including phenoxy) is 1. The summed E-state index contributed by atoms with van der Waals surface area (Å²) in [6.07, 6.45) is -2.58. The minimum absolute atomic E-state index is 0.123. The van der Waals surface area contributed by atoms with Gasteiger partial charge in [0.05, 0.1) is 18.4 Å². The Labute approximate surface area is 107 Å². The van der Waals surface area contributed by atoms with Crippen LogP contribution in [0.4, 0.5) is 13.2 Å².